The van der Waals surface area contributed by atoms with Crippen LogP contribution in [0.4, 0.5) is 4.39 Å². The summed E-state index contributed by atoms with van der Waals surface area (Å²) in [5, 5.41) is 2.16. The van der Waals surface area contributed by atoms with E-state index in [1.54, 1.807) is 0 Å². The van der Waals surface area contributed by atoms with E-state index in [9.17, 15) is 4.39 Å². The zero-order valence-corrected chi connectivity index (χ0v) is 16.2. The molecule has 1 aromatic heterocycles. The van der Waals surface area contributed by atoms with Crippen LogP contribution >= 0.6 is 23.7 Å². The first kappa shape index (κ1) is 18.1. The van der Waals surface area contributed by atoms with E-state index >= 15 is 0 Å². The summed E-state index contributed by atoms with van der Waals surface area (Å²) in [6, 6.07) is 5.91. The Balaban J connectivity index is 0.00000168. The van der Waals surface area contributed by atoms with Crippen molar-refractivity contribution in [1.29, 1.82) is 0 Å². The van der Waals surface area contributed by atoms with Crippen LogP contribution in [0.25, 0.3) is 0 Å². The number of likely N-dealkylation sites (tertiary alicyclic amines) is 1. The first-order valence-corrected chi connectivity index (χ1v) is 10.0. The van der Waals surface area contributed by atoms with Gasteiger partial charge in [-0.05, 0) is 55.2 Å². The maximum absolute atomic E-state index is 14.8. The molecular formula is C20H23ClFNO2S. The Bertz CT molecular complexity index is 783. The molecule has 0 bridgehead atoms. The van der Waals surface area contributed by atoms with Gasteiger partial charge in [-0.1, -0.05) is 6.07 Å². The standard InChI is InChI=1S/C20H22FNO2S.ClH/c21-16-9-17-20(24-12-23-17)15-4-1-3-14(19(15)16)11-22-7-6-13(10-22)18-5-2-8-25-18;/h2,5,8-9,13-14H,1,3-4,6-7,10-12H2;1H. The van der Waals surface area contributed by atoms with E-state index in [-0.39, 0.29) is 30.9 Å². The third-order valence-electron chi connectivity index (χ3n) is 5.84. The fraction of sp³-hybridized carbons (Fsp3) is 0.500. The summed E-state index contributed by atoms with van der Waals surface area (Å²) >= 11 is 1.86. The highest BCUT2D eigenvalue weighted by molar-refractivity contribution is 7.10. The first-order chi connectivity index (χ1) is 12.3. The van der Waals surface area contributed by atoms with Crippen LogP contribution < -0.4 is 9.47 Å². The van der Waals surface area contributed by atoms with Crippen LogP contribution in [0.2, 0.25) is 0 Å². The molecule has 1 fully saturated rings. The average Bonchev–Trinajstić information content (AvgIpc) is 3.36. The Kier molecular flexibility index (Phi) is 5.13. The van der Waals surface area contributed by atoms with E-state index in [2.05, 4.69) is 22.4 Å². The lowest BCUT2D eigenvalue weighted by Crippen LogP contribution is -2.29. The highest BCUT2D eigenvalue weighted by Gasteiger charge is 2.34. The third-order valence-corrected chi connectivity index (χ3v) is 6.87. The second-order valence-corrected chi connectivity index (χ2v) is 8.31. The van der Waals surface area contributed by atoms with Gasteiger partial charge in [0.05, 0.1) is 0 Å². The van der Waals surface area contributed by atoms with Gasteiger partial charge in [0.15, 0.2) is 11.5 Å². The van der Waals surface area contributed by atoms with Crippen LogP contribution in [-0.4, -0.2) is 31.3 Å². The molecule has 1 aliphatic carbocycles. The summed E-state index contributed by atoms with van der Waals surface area (Å²) in [6.45, 7) is 3.37. The molecule has 3 nitrogen and oxygen atoms in total. The summed E-state index contributed by atoms with van der Waals surface area (Å²) in [6.07, 6.45) is 4.26. The van der Waals surface area contributed by atoms with Gasteiger partial charge in [0.1, 0.15) is 5.82 Å². The Hall–Kier alpha value is -1.30. The van der Waals surface area contributed by atoms with E-state index in [1.807, 2.05) is 11.3 Å². The summed E-state index contributed by atoms with van der Waals surface area (Å²) in [7, 11) is 0. The van der Waals surface area contributed by atoms with Crippen molar-refractivity contribution in [3.8, 4) is 11.5 Å². The molecule has 3 aliphatic rings. The molecule has 1 saturated heterocycles. The molecule has 2 unspecified atom stereocenters. The Morgan fingerprint density at radius 3 is 3.04 bits per heavy atom. The quantitative estimate of drug-likeness (QED) is 0.734. The lowest BCUT2D eigenvalue weighted by atomic mass is 9.81. The number of thiophene rings is 1. The van der Waals surface area contributed by atoms with Crippen LogP contribution in [0.3, 0.4) is 0 Å². The number of benzene rings is 1. The smallest absolute Gasteiger partial charge is 0.231 e. The van der Waals surface area contributed by atoms with Crippen LogP contribution in [0, 0.1) is 5.82 Å². The van der Waals surface area contributed by atoms with Gasteiger partial charge < -0.3 is 14.4 Å². The van der Waals surface area contributed by atoms with Gasteiger partial charge >= 0.3 is 0 Å². The highest BCUT2D eigenvalue weighted by atomic mass is 35.5. The van der Waals surface area contributed by atoms with Crippen LogP contribution in [0.15, 0.2) is 23.6 Å². The van der Waals surface area contributed by atoms with Crippen molar-refractivity contribution >= 4 is 23.7 Å². The van der Waals surface area contributed by atoms with E-state index in [0.717, 1.165) is 55.8 Å². The summed E-state index contributed by atoms with van der Waals surface area (Å²) in [4.78, 5) is 4.01. The van der Waals surface area contributed by atoms with Crippen molar-refractivity contribution in [1.82, 2.24) is 4.90 Å². The predicted octanol–water partition coefficient (Wildman–Crippen LogP) is 4.95. The number of hydrogen-bond donors (Lipinski definition) is 0. The number of hydrogen-bond acceptors (Lipinski definition) is 4. The van der Waals surface area contributed by atoms with Crippen LogP contribution in [0.1, 0.15) is 47.1 Å². The topological polar surface area (TPSA) is 21.7 Å². The Labute approximate surface area is 163 Å². The maximum atomic E-state index is 14.8. The van der Waals surface area contributed by atoms with Gasteiger partial charge in [-0.3, -0.25) is 0 Å². The average molecular weight is 396 g/mol. The molecule has 0 N–H and O–H groups in total. The Morgan fingerprint density at radius 1 is 1.27 bits per heavy atom. The molecule has 1 aromatic carbocycles. The second-order valence-electron chi connectivity index (χ2n) is 7.33. The minimum atomic E-state index is -0.113. The molecule has 6 heteroatoms. The van der Waals surface area contributed by atoms with Crippen molar-refractivity contribution in [2.24, 2.45) is 0 Å². The molecule has 2 aliphatic heterocycles. The second kappa shape index (κ2) is 7.37. The van der Waals surface area contributed by atoms with Crippen LogP contribution in [0.5, 0.6) is 11.5 Å². The molecule has 0 radical (unpaired) electrons. The van der Waals surface area contributed by atoms with Crippen LogP contribution in [-0.2, 0) is 6.42 Å². The molecular weight excluding hydrogens is 373 g/mol. The number of ether oxygens (including phenoxy) is 2. The minimum absolute atomic E-state index is 0. The van der Waals surface area contributed by atoms with E-state index in [1.165, 1.54) is 17.4 Å². The van der Waals surface area contributed by atoms with Gasteiger partial charge in [-0.2, -0.15) is 0 Å². The Morgan fingerprint density at radius 2 is 2.19 bits per heavy atom. The highest BCUT2D eigenvalue weighted by Crippen LogP contribution is 2.46. The van der Waals surface area contributed by atoms with E-state index in [0.29, 0.717) is 11.7 Å². The zero-order chi connectivity index (χ0) is 16.8. The number of nitrogens with zero attached hydrogens (tertiary/aromatic N) is 1. The number of rotatable bonds is 3. The SMILES string of the molecule is Cl.Fc1cc2c(c3c1C(CN1CCC(c4cccs4)C1)CCC3)OCO2. The van der Waals surface area contributed by atoms with Gasteiger partial charge in [0.2, 0.25) is 6.79 Å². The molecule has 3 heterocycles. The first-order valence-electron chi connectivity index (χ1n) is 9.16. The van der Waals surface area contributed by atoms with Gasteiger partial charge in [-0.15, -0.1) is 23.7 Å². The zero-order valence-electron chi connectivity index (χ0n) is 14.6. The molecule has 26 heavy (non-hydrogen) atoms. The fourth-order valence-corrected chi connectivity index (χ4v) is 5.55. The molecule has 0 spiro atoms. The lowest BCUT2D eigenvalue weighted by Gasteiger charge is -2.30. The van der Waals surface area contributed by atoms with E-state index < -0.39 is 0 Å². The van der Waals surface area contributed by atoms with Crippen molar-refractivity contribution in [3.63, 3.8) is 0 Å². The lowest BCUT2D eigenvalue weighted by molar-refractivity contribution is 0.173. The van der Waals surface area contributed by atoms with Crippen molar-refractivity contribution < 1.29 is 13.9 Å². The number of halogens is 2. The van der Waals surface area contributed by atoms with Gasteiger partial charge in [0, 0.05) is 35.5 Å². The number of fused-ring (bicyclic) bond motifs is 3. The molecule has 0 saturated carbocycles. The largest absolute Gasteiger partial charge is 0.453 e. The molecule has 0 amide bonds. The fourth-order valence-electron chi connectivity index (χ4n) is 4.70. The molecule has 5 rings (SSSR count). The molecule has 2 atom stereocenters. The molecule has 2 aromatic rings. The monoisotopic (exact) mass is 395 g/mol. The van der Waals surface area contributed by atoms with Gasteiger partial charge in [0.25, 0.3) is 0 Å². The normalized spacial score (nSPS) is 24.3. The predicted molar refractivity (Wildman–Crippen MR) is 104 cm³/mol. The van der Waals surface area contributed by atoms with Gasteiger partial charge in [-0.25, -0.2) is 4.39 Å². The van der Waals surface area contributed by atoms with Crippen molar-refractivity contribution in [2.45, 2.75) is 37.5 Å². The minimum Gasteiger partial charge on any atom is -0.453 e. The van der Waals surface area contributed by atoms with E-state index in [4.69, 9.17) is 9.47 Å². The van der Waals surface area contributed by atoms with Crippen molar-refractivity contribution in [2.75, 3.05) is 26.4 Å². The summed E-state index contributed by atoms with van der Waals surface area (Å²) < 4.78 is 25.8. The summed E-state index contributed by atoms with van der Waals surface area (Å²) in [5.41, 5.74) is 1.94. The molecule has 140 valence electrons. The van der Waals surface area contributed by atoms with Crippen molar-refractivity contribution in [3.05, 3.63) is 45.4 Å². The summed E-state index contributed by atoms with van der Waals surface area (Å²) in [5.74, 6) is 2.16. The third kappa shape index (κ3) is 3.10. The maximum Gasteiger partial charge on any atom is 0.231 e.